The Bertz CT molecular complexity index is 930. The minimum absolute atomic E-state index is 0.505. The van der Waals surface area contributed by atoms with Crippen LogP contribution in [0.1, 0.15) is 22.8 Å². The van der Waals surface area contributed by atoms with Crippen molar-refractivity contribution in [3.63, 3.8) is 0 Å². The fourth-order valence-corrected chi connectivity index (χ4v) is 3.37. The quantitative estimate of drug-likeness (QED) is 0.712. The lowest BCUT2D eigenvalue weighted by atomic mass is 10.1. The summed E-state index contributed by atoms with van der Waals surface area (Å²) in [5, 5.41) is 1.19. The number of halogens is 3. The van der Waals surface area contributed by atoms with E-state index in [1.807, 2.05) is 19.2 Å². The number of alkyl halides is 3. The van der Waals surface area contributed by atoms with E-state index in [0.717, 1.165) is 12.1 Å². The Hall–Kier alpha value is -2.41. The first-order chi connectivity index (χ1) is 11.9. The second-order valence-corrected chi connectivity index (χ2v) is 6.38. The van der Waals surface area contributed by atoms with Crippen LogP contribution in [-0.4, -0.2) is 26.0 Å². The summed E-state index contributed by atoms with van der Waals surface area (Å²) in [6, 6.07) is 10.3. The molecule has 0 saturated heterocycles. The minimum atomic E-state index is -4.49. The summed E-state index contributed by atoms with van der Waals surface area (Å²) in [6.07, 6.45) is -2.67. The maximum absolute atomic E-state index is 12.7. The monoisotopic (exact) mass is 346 g/mol. The number of rotatable bonds is 2. The molecule has 1 aromatic carbocycles. The summed E-state index contributed by atoms with van der Waals surface area (Å²) >= 11 is 0. The molecule has 4 nitrogen and oxygen atoms in total. The van der Waals surface area contributed by atoms with E-state index in [4.69, 9.17) is 0 Å². The van der Waals surface area contributed by atoms with Gasteiger partial charge in [-0.05, 0) is 17.5 Å². The van der Waals surface area contributed by atoms with Crippen molar-refractivity contribution < 1.29 is 13.2 Å². The lowest BCUT2D eigenvalue weighted by Gasteiger charge is -2.28. The normalized spacial score (nSPS) is 15.5. The fraction of sp³-hybridized carbons (Fsp3) is 0.333. The molecule has 1 aliphatic rings. The Labute approximate surface area is 142 Å². The van der Waals surface area contributed by atoms with Crippen LogP contribution in [0.25, 0.3) is 10.9 Å². The lowest BCUT2D eigenvalue weighted by Crippen LogP contribution is -2.32. The van der Waals surface area contributed by atoms with Gasteiger partial charge in [0.05, 0.1) is 5.69 Å². The summed E-state index contributed by atoms with van der Waals surface area (Å²) in [4.78, 5) is 9.41. The van der Waals surface area contributed by atoms with Crippen molar-refractivity contribution >= 4 is 10.9 Å². The molecule has 0 spiro atoms. The van der Waals surface area contributed by atoms with Crippen LogP contribution in [0.5, 0.6) is 0 Å². The highest BCUT2D eigenvalue weighted by Gasteiger charge is 2.35. The van der Waals surface area contributed by atoms with Gasteiger partial charge in [0.1, 0.15) is 0 Å². The van der Waals surface area contributed by atoms with Crippen LogP contribution in [0.3, 0.4) is 0 Å². The average molecular weight is 346 g/mol. The standard InChI is InChI=1S/C18H17F3N4/c1-24-14(8-12-4-2-3-5-16(12)24)11-25-7-6-15-13(10-25)9-22-17(23-15)18(19,20)21/h2-5,8-9H,6-7,10-11H2,1H3. The molecule has 1 aliphatic heterocycles. The molecule has 3 heterocycles. The molecule has 0 saturated carbocycles. The molecule has 2 aromatic heterocycles. The Morgan fingerprint density at radius 2 is 2.00 bits per heavy atom. The predicted molar refractivity (Wildman–Crippen MR) is 87.8 cm³/mol. The molecule has 0 N–H and O–H groups in total. The highest BCUT2D eigenvalue weighted by molar-refractivity contribution is 5.81. The highest BCUT2D eigenvalue weighted by atomic mass is 19.4. The Morgan fingerprint density at radius 3 is 2.76 bits per heavy atom. The van der Waals surface area contributed by atoms with Gasteiger partial charge in [-0.15, -0.1) is 0 Å². The molecule has 0 aliphatic carbocycles. The maximum Gasteiger partial charge on any atom is 0.451 e. The number of nitrogens with zero attached hydrogens (tertiary/aromatic N) is 4. The van der Waals surface area contributed by atoms with Crippen LogP contribution in [0.4, 0.5) is 13.2 Å². The van der Waals surface area contributed by atoms with Gasteiger partial charge in [-0.1, -0.05) is 18.2 Å². The van der Waals surface area contributed by atoms with Gasteiger partial charge in [-0.25, -0.2) is 9.97 Å². The van der Waals surface area contributed by atoms with Crippen molar-refractivity contribution in [2.75, 3.05) is 6.54 Å². The molecule has 0 amide bonds. The smallest absolute Gasteiger partial charge is 0.346 e. The van der Waals surface area contributed by atoms with Crippen molar-refractivity contribution in [3.05, 3.63) is 59.3 Å². The third-order valence-corrected chi connectivity index (χ3v) is 4.70. The zero-order valence-electron chi connectivity index (χ0n) is 13.7. The molecule has 7 heteroatoms. The van der Waals surface area contributed by atoms with Crippen molar-refractivity contribution in [1.29, 1.82) is 0 Å². The van der Waals surface area contributed by atoms with E-state index in [2.05, 4.69) is 37.6 Å². The third kappa shape index (κ3) is 3.00. The van der Waals surface area contributed by atoms with E-state index in [1.165, 1.54) is 22.8 Å². The predicted octanol–water partition coefficient (Wildman–Crippen LogP) is 3.55. The molecular weight excluding hydrogens is 329 g/mol. The van der Waals surface area contributed by atoms with Gasteiger partial charge in [0.2, 0.25) is 5.82 Å². The number of aromatic nitrogens is 3. The fourth-order valence-electron chi connectivity index (χ4n) is 3.37. The summed E-state index contributed by atoms with van der Waals surface area (Å²) in [6.45, 7) is 1.99. The maximum atomic E-state index is 12.7. The number of benzene rings is 1. The molecule has 4 rings (SSSR count). The highest BCUT2D eigenvalue weighted by Crippen LogP contribution is 2.28. The first kappa shape index (κ1) is 16.1. The third-order valence-electron chi connectivity index (χ3n) is 4.70. The molecular formula is C18H17F3N4. The van der Waals surface area contributed by atoms with Crippen LogP contribution in [0.15, 0.2) is 36.5 Å². The Balaban J connectivity index is 1.55. The van der Waals surface area contributed by atoms with Gasteiger partial charge in [-0.2, -0.15) is 13.2 Å². The molecule has 0 unspecified atom stereocenters. The summed E-state index contributed by atoms with van der Waals surface area (Å²) in [5.74, 6) is -1.05. The number of para-hydroxylation sites is 1. The van der Waals surface area contributed by atoms with E-state index in [9.17, 15) is 13.2 Å². The van der Waals surface area contributed by atoms with E-state index < -0.39 is 12.0 Å². The van der Waals surface area contributed by atoms with Crippen LogP contribution in [0.2, 0.25) is 0 Å². The van der Waals surface area contributed by atoms with Crippen LogP contribution >= 0.6 is 0 Å². The van der Waals surface area contributed by atoms with Crippen molar-refractivity contribution in [2.24, 2.45) is 7.05 Å². The van der Waals surface area contributed by atoms with Crippen LogP contribution < -0.4 is 0 Å². The molecule has 0 atom stereocenters. The average Bonchev–Trinajstić information content (AvgIpc) is 2.90. The summed E-state index contributed by atoms with van der Waals surface area (Å²) in [5.41, 5.74) is 3.64. The van der Waals surface area contributed by atoms with Crippen molar-refractivity contribution in [3.8, 4) is 0 Å². The first-order valence-electron chi connectivity index (χ1n) is 8.09. The number of aryl methyl sites for hydroxylation is 1. The van der Waals surface area contributed by atoms with Gasteiger partial charge >= 0.3 is 6.18 Å². The Morgan fingerprint density at radius 1 is 1.20 bits per heavy atom. The molecule has 3 aromatic rings. The molecule has 0 bridgehead atoms. The number of hydrogen-bond acceptors (Lipinski definition) is 3. The van der Waals surface area contributed by atoms with Crippen LogP contribution in [0, 0.1) is 0 Å². The van der Waals surface area contributed by atoms with E-state index in [-0.39, 0.29) is 0 Å². The molecule has 0 radical (unpaired) electrons. The Kier molecular flexibility index (Phi) is 3.76. The van der Waals surface area contributed by atoms with Gasteiger partial charge in [0.15, 0.2) is 0 Å². The van der Waals surface area contributed by atoms with E-state index in [0.29, 0.717) is 25.2 Å². The second-order valence-electron chi connectivity index (χ2n) is 6.38. The summed E-state index contributed by atoms with van der Waals surface area (Å²) < 4.78 is 40.3. The zero-order valence-corrected chi connectivity index (χ0v) is 13.7. The minimum Gasteiger partial charge on any atom is -0.346 e. The first-order valence-corrected chi connectivity index (χ1v) is 8.09. The molecule has 25 heavy (non-hydrogen) atoms. The van der Waals surface area contributed by atoms with Crippen molar-refractivity contribution in [1.82, 2.24) is 19.4 Å². The van der Waals surface area contributed by atoms with Gasteiger partial charge < -0.3 is 4.57 Å². The topological polar surface area (TPSA) is 34.0 Å². The van der Waals surface area contributed by atoms with E-state index in [1.54, 1.807) is 0 Å². The number of hydrogen-bond donors (Lipinski definition) is 0. The second kappa shape index (κ2) is 5.84. The van der Waals surface area contributed by atoms with Crippen LogP contribution in [-0.2, 0) is 32.7 Å². The van der Waals surface area contributed by atoms with Crippen molar-refractivity contribution in [2.45, 2.75) is 25.7 Å². The number of fused-ring (bicyclic) bond motifs is 2. The largest absolute Gasteiger partial charge is 0.451 e. The molecule has 0 fully saturated rings. The van der Waals surface area contributed by atoms with Gasteiger partial charge in [-0.3, -0.25) is 4.90 Å². The van der Waals surface area contributed by atoms with Gasteiger partial charge in [0, 0.05) is 56.1 Å². The summed E-state index contributed by atoms with van der Waals surface area (Å²) in [7, 11) is 2.04. The van der Waals surface area contributed by atoms with Gasteiger partial charge in [0.25, 0.3) is 0 Å². The zero-order chi connectivity index (χ0) is 17.6. The molecule has 130 valence electrons. The van der Waals surface area contributed by atoms with E-state index >= 15 is 0 Å². The SMILES string of the molecule is Cn1c(CN2CCc3nc(C(F)(F)F)ncc3C2)cc2ccccc21. The lowest BCUT2D eigenvalue weighted by molar-refractivity contribution is -0.145.